The van der Waals surface area contributed by atoms with Gasteiger partial charge in [0, 0.05) is 19.8 Å². The Morgan fingerprint density at radius 1 is 0.565 bits per heavy atom. The second-order valence-electron chi connectivity index (χ2n) is 24.5. The summed E-state index contributed by atoms with van der Waals surface area (Å²) >= 11 is 0. The maximum Gasteiger partial charge on any atom is 0.364 e. The molecular formula is C63H118N2O20. The molecule has 0 aromatic rings. The van der Waals surface area contributed by atoms with Crippen LogP contribution in [0, 0.1) is 0 Å². The standard InChI is InChI=1S/C63H118N2O20/c1-4-6-8-10-12-14-16-18-19-20-21-22-23-25-27-29-31-33-35-37-51(72)65-46(47(70)36-34-32-30-28-26-24-17-15-13-11-9-7-5-2)43-80-60-55(76)54(75)58(50(42-68)82-60)83-61-56(77)59(53(74)49(41-67)81-61)85-63(62(78)79)39-38-45(64-44(3)69)57(84-63)52(73)48(71)40-66/h45-50,52-61,66-68,70-71,73-77H,4-43H2,1-3H3,(H,64,69)(H,65,72)(H,78,79)/t45-,46+,47-,48-,49-,50-,52-,53+,54-,55-,56-,57?,58-,59+,60-,61+,63+/m1/s1. The molecule has 0 radical (unpaired) electrons. The lowest BCUT2D eigenvalue weighted by Gasteiger charge is -2.49. The van der Waals surface area contributed by atoms with Crippen molar-refractivity contribution < 1.29 is 99.0 Å². The summed E-state index contributed by atoms with van der Waals surface area (Å²) < 4.78 is 35.1. The number of nitrogens with one attached hydrogen (secondary N) is 2. The topological polar surface area (TPSA) is 353 Å². The van der Waals surface area contributed by atoms with Crippen molar-refractivity contribution in [1.82, 2.24) is 10.6 Å². The molecule has 22 heteroatoms. The minimum Gasteiger partial charge on any atom is -0.477 e. The Hall–Kier alpha value is -2.23. The van der Waals surface area contributed by atoms with Gasteiger partial charge in [-0.25, -0.2) is 4.79 Å². The Labute approximate surface area is 507 Å². The van der Waals surface area contributed by atoms with Crippen LogP contribution >= 0.6 is 0 Å². The van der Waals surface area contributed by atoms with Crippen LogP contribution in [0.15, 0.2) is 0 Å². The lowest BCUT2D eigenvalue weighted by Crippen LogP contribution is -2.68. The Morgan fingerprint density at radius 2 is 1.02 bits per heavy atom. The molecule has 3 aliphatic heterocycles. The largest absolute Gasteiger partial charge is 0.477 e. The summed E-state index contributed by atoms with van der Waals surface area (Å²) in [6, 6.07) is -2.03. The smallest absolute Gasteiger partial charge is 0.364 e. The first-order chi connectivity index (χ1) is 41.0. The van der Waals surface area contributed by atoms with Gasteiger partial charge in [-0.05, 0) is 19.3 Å². The molecule has 17 atom stereocenters. The summed E-state index contributed by atoms with van der Waals surface area (Å²) in [6.07, 6.45) is 13.3. The minimum absolute atomic E-state index is 0.241. The van der Waals surface area contributed by atoms with Crippen molar-refractivity contribution in [2.24, 2.45) is 0 Å². The predicted octanol–water partition coefficient (Wildman–Crippen LogP) is 5.98. The van der Waals surface area contributed by atoms with Gasteiger partial charge in [-0.2, -0.15) is 0 Å². The summed E-state index contributed by atoms with van der Waals surface area (Å²) in [5.74, 6) is -5.48. The molecule has 0 aromatic carbocycles. The highest BCUT2D eigenvalue weighted by Gasteiger charge is 2.58. The summed E-state index contributed by atoms with van der Waals surface area (Å²) in [5, 5.41) is 125. The average molecular weight is 1220 g/mol. The second-order valence-corrected chi connectivity index (χ2v) is 24.5. The van der Waals surface area contributed by atoms with Gasteiger partial charge in [0.05, 0.1) is 44.6 Å². The summed E-state index contributed by atoms with van der Waals surface area (Å²) in [6.45, 7) is 2.50. The zero-order valence-corrected chi connectivity index (χ0v) is 52.1. The van der Waals surface area contributed by atoms with Gasteiger partial charge in [-0.1, -0.05) is 213 Å². The summed E-state index contributed by atoms with van der Waals surface area (Å²) in [4.78, 5) is 38.4. The predicted molar refractivity (Wildman–Crippen MR) is 319 cm³/mol. The van der Waals surface area contributed by atoms with Crippen LogP contribution in [0.4, 0.5) is 0 Å². The van der Waals surface area contributed by atoms with E-state index in [4.69, 9.17) is 28.4 Å². The van der Waals surface area contributed by atoms with Crippen molar-refractivity contribution in [3.8, 4) is 0 Å². The molecule has 500 valence electrons. The zero-order chi connectivity index (χ0) is 62.4. The SMILES string of the molecule is CCCCCCCCCCCCCCCCCCCCCC(=O)N[C@@H](CO[C@@H]1O[C@H](CO)[C@@H](O[C@@H]2O[C@H](CO)[C@H](O)[C@H](O[C@]3(C(=O)O)CC[C@@H](NC(C)=O)C([C@H](O)[C@H](O)CO)O3)[C@H]2O)[C@H](O)[C@H]1O)[C@H](O)CCCCCCCCCCCCCCC. The lowest BCUT2D eigenvalue weighted by atomic mass is 9.90. The van der Waals surface area contributed by atoms with Gasteiger partial charge in [-0.3, -0.25) is 9.59 Å². The Morgan fingerprint density at radius 3 is 1.47 bits per heavy atom. The molecule has 3 fully saturated rings. The zero-order valence-electron chi connectivity index (χ0n) is 52.1. The number of hydrogen-bond donors (Lipinski definition) is 13. The number of carboxylic acids is 1. The number of ether oxygens (including phenoxy) is 6. The third-order valence-electron chi connectivity index (χ3n) is 17.3. The Bertz CT molecular complexity index is 1720. The van der Waals surface area contributed by atoms with E-state index >= 15 is 0 Å². The van der Waals surface area contributed by atoms with Gasteiger partial charge in [0.2, 0.25) is 11.8 Å². The van der Waals surface area contributed by atoms with Crippen LogP contribution in [-0.4, -0.2) is 204 Å². The molecule has 1 unspecified atom stereocenters. The number of carbonyl (C=O) groups is 3. The molecule has 13 N–H and O–H groups in total. The van der Waals surface area contributed by atoms with Gasteiger partial charge in [-0.15, -0.1) is 0 Å². The van der Waals surface area contributed by atoms with Gasteiger partial charge in [0.25, 0.3) is 5.79 Å². The highest BCUT2D eigenvalue weighted by Crippen LogP contribution is 2.38. The van der Waals surface area contributed by atoms with Crippen LogP contribution in [0.25, 0.3) is 0 Å². The van der Waals surface area contributed by atoms with Gasteiger partial charge < -0.3 is 95.2 Å². The number of rotatable bonds is 50. The number of aliphatic hydroxyl groups is 10. The molecule has 0 spiro atoms. The van der Waals surface area contributed by atoms with E-state index in [1.165, 1.54) is 148 Å². The quantitative estimate of drug-likeness (QED) is 0.0312. The van der Waals surface area contributed by atoms with Gasteiger partial charge in [0.1, 0.15) is 67.1 Å². The molecular weight excluding hydrogens is 1100 g/mol. The lowest BCUT2D eigenvalue weighted by molar-refractivity contribution is -0.383. The maximum absolute atomic E-state index is 13.4. The summed E-state index contributed by atoms with van der Waals surface area (Å²) in [5.41, 5.74) is 0. The van der Waals surface area contributed by atoms with E-state index in [1.807, 2.05) is 0 Å². The fraction of sp³-hybridized carbons (Fsp3) is 0.952. The second kappa shape index (κ2) is 45.1. The van der Waals surface area contributed by atoms with E-state index in [9.17, 15) is 70.6 Å². The van der Waals surface area contributed by atoms with E-state index < -0.39 is 142 Å². The molecule has 0 aliphatic carbocycles. The van der Waals surface area contributed by atoms with Gasteiger partial charge in [0.15, 0.2) is 12.6 Å². The van der Waals surface area contributed by atoms with Crippen molar-refractivity contribution in [2.75, 3.05) is 26.4 Å². The van der Waals surface area contributed by atoms with Crippen LogP contribution in [-0.2, 0) is 42.8 Å². The van der Waals surface area contributed by atoms with Crippen molar-refractivity contribution in [2.45, 2.75) is 356 Å². The molecule has 0 saturated carbocycles. The van der Waals surface area contributed by atoms with Crippen molar-refractivity contribution in [3.63, 3.8) is 0 Å². The van der Waals surface area contributed by atoms with Crippen molar-refractivity contribution in [1.29, 1.82) is 0 Å². The van der Waals surface area contributed by atoms with E-state index in [0.717, 1.165) is 51.9 Å². The molecule has 85 heavy (non-hydrogen) atoms. The van der Waals surface area contributed by atoms with Crippen molar-refractivity contribution >= 4 is 17.8 Å². The highest BCUT2D eigenvalue weighted by molar-refractivity contribution is 5.77. The molecule has 22 nitrogen and oxygen atoms in total. The normalized spacial score (nSPS) is 28.6. The highest BCUT2D eigenvalue weighted by atomic mass is 16.8. The maximum atomic E-state index is 13.4. The number of unbranched alkanes of at least 4 members (excludes halogenated alkanes) is 30. The molecule has 0 bridgehead atoms. The first-order valence-corrected chi connectivity index (χ1v) is 33.3. The molecule has 3 heterocycles. The number of carbonyl (C=O) groups excluding carboxylic acids is 2. The van der Waals surface area contributed by atoms with E-state index in [0.29, 0.717) is 19.3 Å². The number of aliphatic hydroxyl groups excluding tert-OH is 10. The van der Waals surface area contributed by atoms with Gasteiger partial charge >= 0.3 is 5.97 Å². The number of hydrogen-bond acceptors (Lipinski definition) is 19. The average Bonchev–Trinajstić information content (AvgIpc) is 3.63. The third kappa shape index (κ3) is 28.6. The first kappa shape index (κ1) is 77.0. The van der Waals surface area contributed by atoms with Crippen LogP contribution in [0.5, 0.6) is 0 Å². The van der Waals surface area contributed by atoms with Crippen LogP contribution in [0.2, 0.25) is 0 Å². The summed E-state index contributed by atoms with van der Waals surface area (Å²) in [7, 11) is 0. The number of carboxylic acid groups (broad SMARTS) is 1. The van der Waals surface area contributed by atoms with Crippen LogP contribution in [0.1, 0.15) is 252 Å². The van der Waals surface area contributed by atoms with Crippen molar-refractivity contribution in [3.05, 3.63) is 0 Å². The molecule has 3 aliphatic rings. The van der Waals surface area contributed by atoms with E-state index in [2.05, 4.69) is 24.5 Å². The number of aliphatic carboxylic acids is 1. The molecule has 3 rings (SSSR count). The van der Waals surface area contributed by atoms with E-state index in [-0.39, 0.29) is 25.4 Å². The molecule has 0 aromatic heterocycles. The third-order valence-corrected chi connectivity index (χ3v) is 17.3. The Balaban J connectivity index is 1.59. The monoisotopic (exact) mass is 1220 g/mol. The molecule has 2 amide bonds. The van der Waals surface area contributed by atoms with Crippen LogP contribution in [0.3, 0.4) is 0 Å². The van der Waals surface area contributed by atoms with E-state index in [1.54, 1.807) is 0 Å². The first-order valence-electron chi connectivity index (χ1n) is 33.3. The minimum atomic E-state index is -2.80. The Kier molecular flexibility index (Phi) is 40.9. The molecule has 3 saturated heterocycles. The number of amides is 2. The fourth-order valence-electron chi connectivity index (χ4n) is 11.9. The fourth-order valence-corrected chi connectivity index (χ4v) is 11.9. The van der Waals surface area contributed by atoms with Crippen LogP contribution < -0.4 is 10.6 Å².